The SMILES string of the molecule is COc1cc2c3cc1Oc1c(OC)c(OC)cc4c1C(Cc1cc(N)c(O)c(c1)Oc1ccc(cc1)CC3N(C)CC2)N(C)CC4. The summed E-state index contributed by atoms with van der Waals surface area (Å²) in [6.07, 6.45) is 3.12. The van der Waals surface area contributed by atoms with Crippen molar-refractivity contribution < 1.29 is 28.8 Å². The van der Waals surface area contributed by atoms with Gasteiger partial charge in [-0.15, -0.1) is 0 Å². The molecule has 0 radical (unpaired) electrons. The van der Waals surface area contributed by atoms with Crippen molar-refractivity contribution >= 4 is 5.69 Å². The van der Waals surface area contributed by atoms with Crippen LogP contribution in [-0.4, -0.2) is 63.4 Å². The third-order valence-electron chi connectivity index (χ3n) is 9.78. The Hall–Kier alpha value is -4.60. The van der Waals surface area contributed by atoms with Gasteiger partial charge >= 0.3 is 0 Å². The number of ether oxygens (including phenoxy) is 5. The van der Waals surface area contributed by atoms with Crippen LogP contribution in [0.5, 0.6) is 46.0 Å². The second-order valence-corrected chi connectivity index (χ2v) is 12.5. The maximum absolute atomic E-state index is 10.9. The van der Waals surface area contributed by atoms with Crippen LogP contribution in [0.4, 0.5) is 5.69 Å². The van der Waals surface area contributed by atoms with E-state index in [1.54, 1.807) is 21.3 Å². The molecule has 0 fully saturated rings. The predicted molar refractivity (Wildman–Crippen MR) is 177 cm³/mol. The first-order chi connectivity index (χ1) is 22.3. The Morgan fingerprint density at radius 3 is 2.13 bits per heavy atom. The number of anilines is 1. The highest BCUT2D eigenvalue weighted by Gasteiger charge is 2.35. The van der Waals surface area contributed by atoms with E-state index in [1.807, 2.05) is 24.3 Å². The van der Waals surface area contributed by atoms with Crippen LogP contribution in [0.2, 0.25) is 0 Å². The quantitative estimate of drug-likeness (QED) is 0.197. The molecule has 0 spiro atoms. The lowest BCUT2D eigenvalue weighted by atomic mass is 9.87. The summed E-state index contributed by atoms with van der Waals surface area (Å²) in [6, 6.07) is 18.1. The summed E-state index contributed by atoms with van der Waals surface area (Å²) in [5, 5.41) is 10.9. The van der Waals surface area contributed by atoms with Gasteiger partial charge in [0.1, 0.15) is 5.75 Å². The van der Waals surface area contributed by atoms with E-state index in [0.717, 1.165) is 49.0 Å². The largest absolute Gasteiger partial charge is 0.503 e. The van der Waals surface area contributed by atoms with Gasteiger partial charge < -0.3 is 34.5 Å². The number of phenolic OH excluding ortho intramolecular Hbond substituents is 1. The number of benzene rings is 4. The van der Waals surface area contributed by atoms with Crippen molar-refractivity contribution in [3.05, 3.63) is 88.0 Å². The van der Waals surface area contributed by atoms with Crippen LogP contribution in [0.1, 0.15) is 45.5 Å². The minimum absolute atomic E-state index is 0.0722. The van der Waals surface area contributed by atoms with Gasteiger partial charge in [0, 0.05) is 30.7 Å². The third-order valence-corrected chi connectivity index (χ3v) is 9.78. The van der Waals surface area contributed by atoms with Gasteiger partial charge in [0.05, 0.1) is 27.0 Å². The molecule has 4 heterocycles. The minimum atomic E-state index is -0.101. The van der Waals surface area contributed by atoms with E-state index in [0.29, 0.717) is 46.7 Å². The summed E-state index contributed by atoms with van der Waals surface area (Å²) in [6.45, 7) is 1.77. The van der Waals surface area contributed by atoms with Crippen molar-refractivity contribution in [3.8, 4) is 46.0 Å². The highest BCUT2D eigenvalue weighted by Crippen LogP contribution is 2.52. The zero-order chi connectivity index (χ0) is 32.1. The predicted octanol–water partition coefficient (Wildman–Crippen LogP) is 6.44. The molecule has 0 aliphatic carbocycles. The lowest BCUT2D eigenvalue weighted by Gasteiger charge is -2.37. The van der Waals surface area contributed by atoms with Crippen molar-refractivity contribution in [2.45, 2.75) is 37.8 Å². The molecule has 0 amide bonds. The first-order valence-corrected chi connectivity index (χ1v) is 15.7. The summed E-state index contributed by atoms with van der Waals surface area (Å²) >= 11 is 0. The maximum atomic E-state index is 10.9. The van der Waals surface area contributed by atoms with E-state index in [1.165, 1.54) is 16.7 Å². The fraction of sp³-hybridized carbons (Fsp3) is 0.351. The Bertz CT molecular complexity index is 1790. The lowest BCUT2D eigenvalue weighted by Crippen LogP contribution is -2.34. The second-order valence-electron chi connectivity index (χ2n) is 12.5. The molecular formula is C37H41N3O6. The zero-order valence-corrected chi connectivity index (χ0v) is 27.1. The Morgan fingerprint density at radius 2 is 1.41 bits per heavy atom. The number of nitrogens with two attached hydrogens (primary N) is 1. The van der Waals surface area contributed by atoms with Crippen LogP contribution in [0.3, 0.4) is 0 Å². The molecule has 4 aliphatic rings. The first-order valence-electron chi connectivity index (χ1n) is 15.7. The molecule has 9 heteroatoms. The average Bonchev–Trinajstić information content (AvgIpc) is 3.05. The molecule has 8 rings (SSSR count). The molecule has 4 aromatic carbocycles. The molecule has 0 saturated heterocycles. The Balaban J connectivity index is 1.48. The van der Waals surface area contributed by atoms with E-state index >= 15 is 0 Å². The van der Waals surface area contributed by atoms with Crippen molar-refractivity contribution in [1.82, 2.24) is 9.80 Å². The molecule has 9 nitrogen and oxygen atoms in total. The molecule has 0 saturated carbocycles. The molecule has 6 bridgehead atoms. The number of nitrogen functional groups attached to an aromatic ring is 1. The van der Waals surface area contributed by atoms with E-state index in [4.69, 9.17) is 29.4 Å². The van der Waals surface area contributed by atoms with Crippen molar-refractivity contribution in [1.29, 1.82) is 0 Å². The van der Waals surface area contributed by atoms with Crippen molar-refractivity contribution in [2.24, 2.45) is 0 Å². The molecular weight excluding hydrogens is 582 g/mol. The highest BCUT2D eigenvalue weighted by molar-refractivity contribution is 5.65. The summed E-state index contributed by atoms with van der Waals surface area (Å²) in [7, 11) is 9.26. The van der Waals surface area contributed by atoms with Crippen LogP contribution in [0.25, 0.3) is 0 Å². The molecule has 3 N–H and O–H groups in total. The smallest absolute Gasteiger partial charge is 0.204 e. The standard InChI is InChI=1S/C37H41N3O6/c1-39-12-10-23-18-30(42-3)31-20-26(23)28(39)15-21-6-8-25(9-7-21)45-32-17-22(14-27(38)35(32)41)16-29-34-24(11-13-40(29)2)19-33(43-4)36(44-5)37(34)46-31/h6-9,14,17-20,28-29,41H,10-13,15-16,38H2,1-5H3. The van der Waals surface area contributed by atoms with E-state index < -0.39 is 0 Å². The summed E-state index contributed by atoms with van der Waals surface area (Å²) in [4.78, 5) is 4.71. The maximum Gasteiger partial charge on any atom is 0.204 e. The summed E-state index contributed by atoms with van der Waals surface area (Å²) in [5.41, 5.74) is 13.3. The number of nitrogens with zero attached hydrogens (tertiary/aromatic N) is 2. The van der Waals surface area contributed by atoms with Crippen LogP contribution < -0.4 is 29.4 Å². The van der Waals surface area contributed by atoms with Crippen molar-refractivity contribution in [3.63, 3.8) is 0 Å². The van der Waals surface area contributed by atoms with Crippen LogP contribution in [0, 0.1) is 0 Å². The molecule has 0 aromatic heterocycles. The summed E-state index contributed by atoms with van der Waals surface area (Å²) in [5.74, 6) is 3.93. The number of likely N-dealkylation sites (N-methyl/N-ethyl adjacent to an activating group) is 2. The molecule has 4 aromatic rings. The second kappa shape index (κ2) is 12.0. The Morgan fingerprint density at radius 1 is 0.739 bits per heavy atom. The van der Waals surface area contributed by atoms with Gasteiger partial charge in [-0.1, -0.05) is 12.1 Å². The first kappa shape index (κ1) is 30.1. The lowest BCUT2D eigenvalue weighted by molar-refractivity contribution is 0.220. The number of fused-ring (bicyclic) bond motifs is 2. The van der Waals surface area contributed by atoms with Crippen LogP contribution >= 0.6 is 0 Å². The molecule has 2 atom stereocenters. The van der Waals surface area contributed by atoms with Crippen molar-refractivity contribution in [2.75, 3.05) is 54.2 Å². The third kappa shape index (κ3) is 5.23. The fourth-order valence-corrected chi connectivity index (χ4v) is 7.23. The Labute approximate surface area is 270 Å². The number of phenols is 1. The van der Waals surface area contributed by atoms with Gasteiger partial charge in [0.15, 0.2) is 34.5 Å². The van der Waals surface area contributed by atoms with Crippen LogP contribution in [0.15, 0.2) is 54.6 Å². The number of hydrogen-bond acceptors (Lipinski definition) is 9. The van der Waals surface area contributed by atoms with Crippen LogP contribution in [-0.2, 0) is 25.7 Å². The van der Waals surface area contributed by atoms with Gasteiger partial charge in [-0.25, -0.2) is 0 Å². The van der Waals surface area contributed by atoms with Gasteiger partial charge in [-0.3, -0.25) is 9.80 Å². The van der Waals surface area contributed by atoms with Gasteiger partial charge in [-0.2, -0.15) is 0 Å². The molecule has 240 valence electrons. The van der Waals surface area contributed by atoms with Gasteiger partial charge in [0.25, 0.3) is 0 Å². The Kier molecular flexibility index (Phi) is 7.82. The molecule has 46 heavy (non-hydrogen) atoms. The summed E-state index contributed by atoms with van der Waals surface area (Å²) < 4.78 is 31.0. The van der Waals surface area contributed by atoms with E-state index in [-0.39, 0.29) is 23.5 Å². The van der Waals surface area contributed by atoms with E-state index in [9.17, 15) is 5.11 Å². The molecule has 2 unspecified atom stereocenters. The van der Waals surface area contributed by atoms with Gasteiger partial charge in [-0.05, 0) is 110 Å². The van der Waals surface area contributed by atoms with E-state index in [2.05, 4.69) is 54.2 Å². The normalized spacial score (nSPS) is 19.2. The highest BCUT2D eigenvalue weighted by atomic mass is 16.5. The van der Waals surface area contributed by atoms with Gasteiger partial charge in [0.2, 0.25) is 5.75 Å². The zero-order valence-electron chi connectivity index (χ0n) is 27.1. The number of methoxy groups -OCH3 is 3. The average molecular weight is 624 g/mol. The molecule has 4 aliphatic heterocycles. The monoisotopic (exact) mass is 623 g/mol. The topological polar surface area (TPSA) is 98.9 Å². The number of hydrogen-bond donors (Lipinski definition) is 2. The number of aromatic hydroxyl groups is 1. The minimum Gasteiger partial charge on any atom is -0.503 e. The number of rotatable bonds is 3. The fourth-order valence-electron chi connectivity index (χ4n) is 7.23.